The van der Waals surface area contributed by atoms with Gasteiger partial charge in [0, 0.05) is 10.4 Å². The van der Waals surface area contributed by atoms with Crippen molar-refractivity contribution in [2.75, 3.05) is 0 Å². The number of halogens is 1. The Balaban J connectivity index is 1.53. The first-order valence-electron chi connectivity index (χ1n) is 8.98. The highest BCUT2D eigenvalue weighted by Gasteiger charge is 2.80. The minimum absolute atomic E-state index is 0.104. The average molecular weight is 415 g/mol. The fourth-order valence-corrected chi connectivity index (χ4v) is 6.98. The number of nitrogens with one attached hydrogen (secondary N) is 2. The number of carbonyl (C=O) groups excluding carboxylic acids is 2. The van der Waals surface area contributed by atoms with E-state index >= 15 is 0 Å². The van der Waals surface area contributed by atoms with Gasteiger partial charge in [0.15, 0.2) is 0 Å². The molecule has 0 spiro atoms. The Hall–Kier alpha value is -1.88. The van der Waals surface area contributed by atoms with Crippen LogP contribution in [-0.2, 0) is 4.79 Å². The van der Waals surface area contributed by atoms with Crippen molar-refractivity contribution in [3.63, 3.8) is 0 Å². The van der Waals surface area contributed by atoms with Gasteiger partial charge in [-0.15, -0.1) is 0 Å². The molecule has 5 heteroatoms. The van der Waals surface area contributed by atoms with Gasteiger partial charge in [0.1, 0.15) is 0 Å². The van der Waals surface area contributed by atoms with Crippen LogP contribution in [0.3, 0.4) is 0 Å². The number of alkyl halides is 1. The van der Waals surface area contributed by atoms with E-state index in [9.17, 15) is 9.59 Å². The summed E-state index contributed by atoms with van der Waals surface area (Å²) in [6, 6.07) is 13.3. The fraction of sp³-hybridized carbons (Fsp3) is 0.429. The predicted octanol–water partition coefficient (Wildman–Crippen LogP) is 4.19. The molecule has 3 aliphatic rings. The van der Waals surface area contributed by atoms with Crippen molar-refractivity contribution < 1.29 is 9.59 Å². The summed E-state index contributed by atoms with van der Waals surface area (Å²) in [4.78, 5) is 25.8. The molecule has 3 atom stereocenters. The van der Waals surface area contributed by atoms with E-state index < -0.39 is 5.41 Å². The Bertz CT molecular complexity index is 920. The topological polar surface area (TPSA) is 58.2 Å². The van der Waals surface area contributed by atoms with E-state index in [4.69, 9.17) is 0 Å². The monoisotopic (exact) mass is 414 g/mol. The van der Waals surface area contributed by atoms with E-state index in [-0.39, 0.29) is 27.5 Å². The lowest BCUT2D eigenvalue weighted by Crippen LogP contribution is -2.70. The highest BCUT2D eigenvalue weighted by atomic mass is 79.9. The molecule has 0 aliphatic heterocycles. The standard InChI is InChI=1S/C21H23BrN2O2/c1-19(2)20(3)11-12-21(19,17(20)22)18(26)24-23-16(25)15-10-6-8-13-7-4-5-9-14(13)15/h4-10,17H,11-12H2,1-3H3,(H,23,25)(H,24,26). The summed E-state index contributed by atoms with van der Waals surface area (Å²) in [5, 5.41) is 1.87. The van der Waals surface area contributed by atoms with Crippen LogP contribution in [0.5, 0.6) is 0 Å². The van der Waals surface area contributed by atoms with Crippen molar-refractivity contribution in [1.82, 2.24) is 10.9 Å². The summed E-state index contributed by atoms with van der Waals surface area (Å²) in [6.45, 7) is 6.55. The number of hydrazine groups is 1. The first-order chi connectivity index (χ1) is 12.3. The first-order valence-corrected chi connectivity index (χ1v) is 9.90. The Kier molecular flexibility index (Phi) is 3.75. The summed E-state index contributed by atoms with van der Waals surface area (Å²) in [6.07, 6.45) is 1.85. The predicted molar refractivity (Wildman–Crippen MR) is 106 cm³/mol. The Morgan fingerprint density at radius 3 is 2.35 bits per heavy atom. The SMILES string of the molecule is CC12CCC(C(=O)NNC(=O)c3cccc4ccccc34)(C1Br)C2(C)C. The molecule has 4 nitrogen and oxygen atoms in total. The number of fused-ring (bicyclic) bond motifs is 2. The van der Waals surface area contributed by atoms with Crippen LogP contribution in [0.1, 0.15) is 44.0 Å². The lowest BCUT2D eigenvalue weighted by molar-refractivity contribution is -0.162. The van der Waals surface area contributed by atoms with Crippen molar-refractivity contribution in [1.29, 1.82) is 0 Å². The maximum absolute atomic E-state index is 13.0. The molecule has 3 unspecified atom stereocenters. The van der Waals surface area contributed by atoms with E-state index in [0.29, 0.717) is 5.56 Å². The number of amides is 2. The second-order valence-corrected chi connectivity index (χ2v) is 9.23. The average Bonchev–Trinajstić information content (AvgIpc) is 3.05. The number of benzene rings is 2. The van der Waals surface area contributed by atoms with Gasteiger partial charge >= 0.3 is 0 Å². The summed E-state index contributed by atoms with van der Waals surface area (Å²) >= 11 is 3.75. The van der Waals surface area contributed by atoms with Gasteiger partial charge in [0.2, 0.25) is 5.91 Å². The van der Waals surface area contributed by atoms with Gasteiger partial charge in [-0.1, -0.05) is 73.1 Å². The smallest absolute Gasteiger partial charge is 0.270 e. The normalized spacial score (nSPS) is 31.3. The molecule has 0 aromatic heterocycles. The lowest BCUT2D eigenvalue weighted by Gasteiger charge is -2.64. The maximum Gasteiger partial charge on any atom is 0.270 e. The molecule has 0 heterocycles. The van der Waals surface area contributed by atoms with Gasteiger partial charge < -0.3 is 0 Å². The van der Waals surface area contributed by atoms with Crippen LogP contribution in [0.4, 0.5) is 0 Å². The van der Waals surface area contributed by atoms with Gasteiger partial charge in [0.05, 0.1) is 5.41 Å². The van der Waals surface area contributed by atoms with Crippen LogP contribution in [0.15, 0.2) is 42.5 Å². The molecule has 2 aromatic carbocycles. The molecule has 3 aliphatic carbocycles. The van der Waals surface area contributed by atoms with Crippen LogP contribution in [0.2, 0.25) is 0 Å². The number of rotatable bonds is 2. The van der Waals surface area contributed by atoms with Gasteiger partial charge in [-0.2, -0.15) is 0 Å². The molecule has 26 heavy (non-hydrogen) atoms. The second-order valence-electron chi connectivity index (χ2n) is 8.31. The molecule has 2 bridgehead atoms. The van der Waals surface area contributed by atoms with E-state index in [2.05, 4.69) is 47.6 Å². The maximum atomic E-state index is 13.0. The summed E-state index contributed by atoms with van der Waals surface area (Å²) < 4.78 is 0. The molecule has 2 aromatic rings. The Morgan fingerprint density at radius 1 is 1.00 bits per heavy atom. The number of hydrogen-bond donors (Lipinski definition) is 2. The van der Waals surface area contributed by atoms with E-state index in [1.807, 2.05) is 36.4 Å². The fourth-order valence-electron chi connectivity index (χ4n) is 5.17. The molecule has 136 valence electrons. The van der Waals surface area contributed by atoms with E-state index in [1.165, 1.54) is 0 Å². The van der Waals surface area contributed by atoms with Crippen molar-refractivity contribution in [2.24, 2.45) is 16.2 Å². The van der Waals surface area contributed by atoms with Crippen LogP contribution in [0, 0.1) is 16.2 Å². The van der Waals surface area contributed by atoms with E-state index in [1.54, 1.807) is 6.07 Å². The quantitative estimate of drug-likeness (QED) is 0.571. The molecule has 2 amide bonds. The lowest BCUT2D eigenvalue weighted by atomic mass is 9.43. The summed E-state index contributed by atoms with van der Waals surface area (Å²) in [7, 11) is 0. The molecule has 0 saturated heterocycles. The first kappa shape index (κ1) is 17.5. The zero-order valence-electron chi connectivity index (χ0n) is 15.2. The van der Waals surface area contributed by atoms with E-state index in [0.717, 1.165) is 23.6 Å². The van der Waals surface area contributed by atoms with Gasteiger partial charge in [-0.3, -0.25) is 20.4 Å². The van der Waals surface area contributed by atoms with Crippen molar-refractivity contribution in [3.8, 4) is 0 Å². The zero-order chi connectivity index (χ0) is 18.7. The minimum Gasteiger partial charge on any atom is -0.273 e. The number of carbonyl (C=O) groups is 2. The molecular formula is C21H23BrN2O2. The van der Waals surface area contributed by atoms with Crippen molar-refractivity contribution in [3.05, 3.63) is 48.0 Å². The molecule has 2 N–H and O–H groups in total. The third-order valence-corrected chi connectivity index (χ3v) is 9.09. The third kappa shape index (κ3) is 1.95. The highest BCUT2D eigenvalue weighted by molar-refractivity contribution is 9.09. The van der Waals surface area contributed by atoms with Crippen molar-refractivity contribution >= 4 is 38.5 Å². The second kappa shape index (κ2) is 5.56. The Labute approximate surface area is 161 Å². The van der Waals surface area contributed by atoms with Crippen LogP contribution in [-0.4, -0.2) is 16.6 Å². The van der Waals surface area contributed by atoms with Gasteiger partial charge in [0.25, 0.3) is 5.91 Å². The number of hydrogen-bond acceptors (Lipinski definition) is 2. The largest absolute Gasteiger partial charge is 0.273 e. The van der Waals surface area contributed by atoms with Crippen LogP contribution in [0.25, 0.3) is 10.8 Å². The minimum atomic E-state index is -0.478. The zero-order valence-corrected chi connectivity index (χ0v) is 16.8. The van der Waals surface area contributed by atoms with Crippen molar-refractivity contribution in [2.45, 2.75) is 38.4 Å². The molecular weight excluding hydrogens is 392 g/mol. The summed E-state index contributed by atoms with van der Waals surface area (Å²) in [5.74, 6) is -0.400. The Morgan fingerprint density at radius 2 is 1.69 bits per heavy atom. The molecule has 5 rings (SSSR count). The van der Waals surface area contributed by atoms with Gasteiger partial charge in [-0.05, 0) is 40.5 Å². The summed E-state index contributed by atoms with van der Waals surface area (Å²) in [5.41, 5.74) is 5.41. The van der Waals surface area contributed by atoms with Crippen LogP contribution < -0.4 is 10.9 Å². The molecule has 3 fully saturated rings. The third-order valence-electron chi connectivity index (χ3n) is 7.30. The van der Waals surface area contributed by atoms with Gasteiger partial charge in [-0.25, -0.2) is 0 Å². The highest BCUT2D eigenvalue weighted by Crippen LogP contribution is 2.79. The molecule has 0 radical (unpaired) electrons. The molecule has 3 saturated carbocycles. The van der Waals surface area contributed by atoms with Crippen LogP contribution >= 0.6 is 15.9 Å².